The molecule has 1 amide bonds. The zero-order valence-electron chi connectivity index (χ0n) is 18.6. The van der Waals surface area contributed by atoms with Crippen LogP contribution in [0.15, 0.2) is 70.7 Å². The second kappa shape index (κ2) is 9.35. The third-order valence-electron chi connectivity index (χ3n) is 5.22. The standard InChI is InChI=1S/C25H23N5O2S/c1-16(2)30-24(32)23-22(20(14-29(23)3)18-7-5-4-6-8-18)28-25(30)33-15-21(31)27-19-11-9-17(13-26)10-12-19/h4-12,14,16H,15H2,1-3H3,(H,27,31). The molecule has 0 aliphatic heterocycles. The van der Waals surface area contributed by atoms with Crippen LogP contribution in [-0.4, -0.2) is 25.8 Å². The Bertz CT molecular complexity index is 1410. The minimum absolute atomic E-state index is 0.0954. The van der Waals surface area contributed by atoms with Gasteiger partial charge in [0.1, 0.15) is 11.0 Å². The van der Waals surface area contributed by atoms with Crippen LogP contribution < -0.4 is 10.9 Å². The minimum Gasteiger partial charge on any atom is -0.344 e. The number of carbonyl (C=O) groups excluding carboxylic acids is 1. The Morgan fingerprint density at radius 1 is 1.15 bits per heavy atom. The topological polar surface area (TPSA) is 92.7 Å². The number of amides is 1. The number of nitriles is 1. The van der Waals surface area contributed by atoms with Crippen LogP contribution in [-0.2, 0) is 11.8 Å². The molecule has 0 aliphatic carbocycles. The molecule has 4 aromatic rings. The van der Waals surface area contributed by atoms with Gasteiger partial charge in [-0.15, -0.1) is 0 Å². The molecule has 0 radical (unpaired) electrons. The number of thioether (sulfide) groups is 1. The van der Waals surface area contributed by atoms with Gasteiger partial charge < -0.3 is 9.88 Å². The summed E-state index contributed by atoms with van der Waals surface area (Å²) in [5.74, 6) is -0.122. The van der Waals surface area contributed by atoms with E-state index in [9.17, 15) is 9.59 Å². The lowest BCUT2D eigenvalue weighted by Crippen LogP contribution is -2.26. The Morgan fingerprint density at radius 2 is 1.85 bits per heavy atom. The number of hydrogen-bond acceptors (Lipinski definition) is 5. The highest BCUT2D eigenvalue weighted by Gasteiger charge is 2.20. The number of aryl methyl sites for hydroxylation is 1. The Hall–Kier alpha value is -3.83. The maximum atomic E-state index is 13.4. The third kappa shape index (κ3) is 4.54. The molecular formula is C25H23N5O2S. The average molecular weight is 458 g/mol. The molecule has 166 valence electrons. The van der Waals surface area contributed by atoms with Gasteiger partial charge in [0.25, 0.3) is 5.56 Å². The maximum Gasteiger partial charge on any atom is 0.278 e. The molecule has 0 saturated carbocycles. The maximum absolute atomic E-state index is 13.4. The predicted octanol–water partition coefficient (Wildman–Crippen LogP) is 4.59. The highest BCUT2D eigenvalue weighted by atomic mass is 32.2. The average Bonchev–Trinajstić information content (AvgIpc) is 3.15. The number of nitrogens with one attached hydrogen (secondary N) is 1. The number of benzene rings is 2. The first-order valence-corrected chi connectivity index (χ1v) is 11.5. The van der Waals surface area contributed by atoms with Crippen LogP contribution in [0.2, 0.25) is 0 Å². The van der Waals surface area contributed by atoms with E-state index < -0.39 is 0 Å². The Morgan fingerprint density at radius 3 is 2.48 bits per heavy atom. The van der Waals surface area contributed by atoms with E-state index in [0.29, 0.717) is 27.4 Å². The van der Waals surface area contributed by atoms with Gasteiger partial charge in [-0.2, -0.15) is 5.26 Å². The number of rotatable bonds is 6. The van der Waals surface area contributed by atoms with Crippen molar-refractivity contribution in [1.82, 2.24) is 14.1 Å². The molecule has 4 rings (SSSR count). The number of aromatic nitrogens is 3. The van der Waals surface area contributed by atoms with Crippen molar-refractivity contribution in [2.24, 2.45) is 7.05 Å². The zero-order valence-corrected chi connectivity index (χ0v) is 19.4. The van der Waals surface area contributed by atoms with Gasteiger partial charge >= 0.3 is 0 Å². The van der Waals surface area contributed by atoms with Crippen molar-refractivity contribution >= 4 is 34.4 Å². The monoisotopic (exact) mass is 457 g/mol. The van der Waals surface area contributed by atoms with Crippen LogP contribution >= 0.6 is 11.8 Å². The van der Waals surface area contributed by atoms with Crippen LogP contribution in [0, 0.1) is 11.3 Å². The summed E-state index contributed by atoms with van der Waals surface area (Å²) in [6.45, 7) is 3.85. The molecule has 8 heteroatoms. The molecule has 2 heterocycles. The largest absolute Gasteiger partial charge is 0.344 e. The lowest BCUT2D eigenvalue weighted by Gasteiger charge is -2.16. The highest BCUT2D eigenvalue weighted by Crippen LogP contribution is 2.30. The smallest absolute Gasteiger partial charge is 0.278 e. The zero-order chi connectivity index (χ0) is 23.5. The molecule has 0 bridgehead atoms. The predicted molar refractivity (Wildman–Crippen MR) is 131 cm³/mol. The molecule has 0 saturated heterocycles. The van der Waals surface area contributed by atoms with Gasteiger partial charge in [-0.05, 0) is 43.7 Å². The summed E-state index contributed by atoms with van der Waals surface area (Å²) in [6, 6.07) is 18.4. The van der Waals surface area contributed by atoms with Crippen molar-refractivity contribution < 1.29 is 4.79 Å². The molecule has 2 aromatic carbocycles. The number of hydrogen-bond donors (Lipinski definition) is 1. The quantitative estimate of drug-likeness (QED) is 0.338. The number of fused-ring (bicyclic) bond motifs is 1. The van der Waals surface area contributed by atoms with Crippen LogP contribution in [0.4, 0.5) is 5.69 Å². The molecular weight excluding hydrogens is 434 g/mol. The fourth-order valence-electron chi connectivity index (χ4n) is 3.67. The molecule has 0 aliphatic rings. The van der Waals surface area contributed by atoms with E-state index in [-0.39, 0.29) is 23.3 Å². The Labute approximate surface area is 195 Å². The summed E-state index contributed by atoms with van der Waals surface area (Å²) in [5, 5.41) is 12.2. The summed E-state index contributed by atoms with van der Waals surface area (Å²) < 4.78 is 3.45. The Balaban J connectivity index is 1.67. The third-order valence-corrected chi connectivity index (χ3v) is 6.17. The molecule has 0 unspecified atom stereocenters. The fraction of sp³-hybridized carbons (Fsp3) is 0.200. The fourth-order valence-corrected chi connectivity index (χ4v) is 4.59. The second-order valence-electron chi connectivity index (χ2n) is 7.91. The van der Waals surface area contributed by atoms with Gasteiger partial charge in [0, 0.05) is 30.5 Å². The number of nitrogens with zero attached hydrogens (tertiary/aromatic N) is 4. The summed E-state index contributed by atoms with van der Waals surface area (Å²) in [7, 11) is 1.85. The normalized spacial score (nSPS) is 11.0. The van der Waals surface area contributed by atoms with E-state index in [2.05, 4.69) is 5.32 Å². The lowest BCUT2D eigenvalue weighted by molar-refractivity contribution is -0.113. The first-order chi connectivity index (χ1) is 15.9. The van der Waals surface area contributed by atoms with E-state index >= 15 is 0 Å². The molecule has 0 fully saturated rings. The van der Waals surface area contributed by atoms with Gasteiger partial charge in [-0.1, -0.05) is 42.1 Å². The van der Waals surface area contributed by atoms with Crippen molar-refractivity contribution in [3.05, 3.63) is 76.7 Å². The first-order valence-electron chi connectivity index (χ1n) is 10.5. The number of carbonyl (C=O) groups is 1. The van der Waals surface area contributed by atoms with Crippen molar-refractivity contribution in [3.63, 3.8) is 0 Å². The van der Waals surface area contributed by atoms with Crippen LogP contribution in [0.3, 0.4) is 0 Å². The van der Waals surface area contributed by atoms with E-state index in [1.54, 1.807) is 28.8 Å². The van der Waals surface area contributed by atoms with Gasteiger partial charge in [0.15, 0.2) is 5.16 Å². The first kappa shape index (κ1) is 22.4. The van der Waals surface area contributed by atoms with Gasteiger partial charge in [0.05, 0.1) is 17.4 Å². The highest BCUT2D eigenvalue weighted by molar-refractivity contribution is 7.99. The van der Waals surface area contributed by atoms with E-state index in [0.717, 1.165) is 11.1 Å². The van der Waals surface area contributed by atoms with E-state index in [1.165, 1.54) is 11.8 Å². The SMILES string of the molecule is CC(C)n1c(SCC(=O)Nc2ccc(C#N)cc2)nc2c(-c3ccccc3)cn(C)c2c1=O. The molecule has 7 nitrogen and oxygen atoms in total. The molecule has 2 aromatic heterocycles. The molecule has 33 heavy (non-hydrogen) atoms. The summed E-state index contributed by atoms with van der Waals surface area (Å²) in [5.41, 5.74) is 4.03. The van der Waals surface area contributed by atoms with Crippen LogP contribution in [0.1, 0.15) is 25.5 Å². The van der Waals surface area contributed by atoms with Gasteiger partial charge in [-0.25, -0.2) is 4.98 Å². The Kier molecular flexibility index (Phi) is 6.33. The minimum atomic E-state index is -0.217. The molecule has 0 spiro atoms. The summed E-state index contributed by atoms with van der Waals surface area (Å²) in [6.07, 6.45) is 1.92. The van der Waals surface area contributed by atoms with Gasteiger partial charge in [-0.3, -0.25) is 14.2 Å². The lowest BCUT2D eigenvalue weighted by atomic mass is 10.1. The summed E-state index contributed by atoms with van der Waals surface area (Å²) >= 11 is 1.23. The van der Waals surface area contributed by atoms with Crippen LogP contribution in [0.5, 0.6) is 0 Å². The van der Waals surface area contributed by atoms with Gasteiger partial charge in [0.2, 0.25) is 5.91 Å². The van der Waals surface area contributed by atoms with Crippen molar-refractivity contribution in [2.75, 3.05) is 11.1 Å². The van der Waals surface area contributed by atoms with Crippen molar-refractivity contribution in [2.45, 2.75) is 25.0 Å². The van der Waals surface area contributed by atoms with E-state index in [4.69, 9.17) is 10.2 Å². The second-order valence-corrected chi connectivity index (χ2v) is 8.85. The van der Waals surface area contributed by atoms with Crippen molar-refractivity contribution in [1.29, 1.82) is 5.26 Å². The number of anilines is 1. The summed E-state index contributed by atoms with van der Waals surface area (Å²) in [4.78, 5) is 30.8. The van der Waals surface area contributed by atoms with Crippen LogP contribution in [0.25, 0.3) is 22.2 Å². The van der Waals surface area contributed by atoms with E-state index in [1.807, 2.05) is 68.1 Å². The molecule has 1 N–H and O–H groups in total. The van der Waals surface area contributed by atoms with Crippen molar-refractivity contribution in [3.8, 4) is 17.2 Å². The molecule has 0 atom stereocenters.